The molecule has 218 valence electrons. The van der Waals surface area contributed by atoms with Gasteiger partial charge >= 0.3 is 5.97 Å². The highest BCUT2D eigenvalue weighted by atomic mass is 16.5. The van der Waals surface area contributed by atoms with Crippen molar-refractivity contribution in [3.63, 3.8) is 0 Å². The molecule has 0 amide bonds. The molecular formula is C32H54O6. The van der Waals surface area contributed by atoms with Gasteiger partial charge in [0, 0.05) is 6.92 Å². The van der Waals surface area contributed by atoms with Crippen molar-refractivity contribution in [1.82, 2.24) is 0 Å². The van der Waals surface area contributed by atoms with Gasteiger partial charge in [-0.1, -0.05) is 36.3 Å². The van der Waals surface area contributed by atoms with E-state index in [0.717, 1.165) is 56.1 Å². The van der Waals surface area contributed by atoms with Gasteiger partial charge in [-0.3, -0.25) is 4.79 Å². The van der Waals surface area contributed by atoms with Gasteiger partial charge < -0.3 is 24.8 Å². The van der Waals surface area contributed by atoms with Crippen molar-refractivity contribution < 1.29 is 29.6 Å². The summed E-state index contributed by atoms with van der Waals surface area (Å²) in [5.41, 5.74) is 2.14. The average Bonchev–Trinajstić information content (AvgIpc) is 3.34. The molecule has 2 rings (SSSR count). The monoisotopic (exact) mass is 534 g/mol. The van der Waals surface area contributed by atoms with E-state index in [1.54, 1.807) is 6.92 Å². The smallest absolute Gasteiger partial charge is 0.302 e. The Kier molecular flexibility index (Phi) is 12.3. The van der Waals surface area contributed by atoms with Crippen molar-refractivity contribution >= 4 is 5.97 Å². The Hall–Kier alpha value is -1.47. The number of carbonyl (C=O) groups excluding carboxylic acids is 1. The minimum atomic E-state index is -1.14. The van der Waals surface area contributed by atoms with Crippen LogP contribution in [0.15, 0.2) is 34.9 Å². The molecule has 0 aliphatic carbocycles. The van der Waals surface area contributed by atoms with E-state index in [9.17, 15) is 15.0 Å². The lowest BCUT2D eigenvalue weighted by Crippen LogP contribution is -2.42. The fraction of sp³-hybridized carbons (Fsp3) is 0.781. The average molecular weight is 535 g/mol. The molecule has 2 bridgehead atoms. The van der Waals surface area contributed by atoms with Crippen molar-refractivity contribution in [3.8, 4) is 0 Å². The van der Waals surface area contributed by atoms with Crippen LogP contribution in [0.1, 0.15) is 113 Å². The van der Waals surface area contributed by atoms with Crippen LogP contribution < -0.4 is 0 Å². The molecule has 38 heavy (non-hydrogen) atoms. The molecule has 0 saturated carbocycles. The highest BCUT2D eigenvalue weighted by Crippen LogP contribution is 2.61. The molecule has 0 spiro atoms. The molecule has 2 fully saturated rings. The molecule has 2 heterocycles. The molecule has 6 atom stereocenters. The zero-order chi connectivity index (χ0) is 28.6. The predicted molar refractivity (Wildman–Crippen MR) is 153 cm³/mol. The normalized spacial score (nSPS) is 30.4. The first-order valence-corrected chi connectivity index (χ1v) is 14.5. The Morgan fingerprint density at radius 3 is 2.39 bits per heavy atom. The number of esters is 1. The third-order valence-corrected chi connectivity index (χ3v) is 9.13. The largest absolute Gasteiger partial charge is 0.461 e. The van der Waals surface area contributed by atoms with Gasteiger partial charge in [-0.05, 0) is 116 Å². The number of ether oxygens (including phenoxy) is 2. The highest BCUT2D eigenvalue weighted by molar-refractivity contribution is 5.66. The van der Waals surface area contributed by atoms with E-state index in [4.69, 9.17) is 14.6 Å². The lowest BCUT2D eigenvalue weighted by atomic mass is 9.60. The number of allylic oxidation sites excluding steroid dienone is 4. The van der Waals surface area contributed by atoms with Crippen LogP contribution >= 0.6 is 0 Å². The van der Waals surface area contributed by atoms with E-state index >= 15 is 0 Å². The molecule has 0 aromatic carbocycles. The van der Waals surface area contributed by atoms with Crippen LogP contribution in [0.4, 0.5) is 0 Å². The topological polar surface area (TPSA) is 96.2 Å². The van der Waals surface area contributed by atoms with Crippen molar-refractivity contribution in [2.45, 2.75) is 136 Å². The van der Waals surface area contributed by atoms with E-state index in [-0.39, 0.29) is 23.6 Å². The van der Waals surface area contributed by atoms with Gasteiger partial charge in [0.2, 0.25) is 0 Å². The summed E-state index contributed by atoms with van der Waals surface area (Å²) >= 11 is 0. The zero-order valence-electron chi connectivity index (χ0n) is 25.0. The molecule has 0 aromatic heterocycles. The third kappa shape index (κ3) is 9.04. The maximum Gasteiger partial charge on any atom is 0.302 e. The summed E-state index contributed by atoms with van der Waals surface area (Å²) in [6.07, 6.45) is 14.6. The Morgan fingerprint density at radius 2 is 1.74 bits per heavy atom. The van der Waals surface area contributed by atoms with E-state index < -0.39 is 11.7 Å². The second-order valence-corrected chi connectivity index (χ2v) is 12.7. The maximum atomic E-state index is 11.1. The third-order valence-electron chi connectivity index (χ3n) is 9.13. The number of hydrogen-bond acceptors (Lipinski definition) is 6. The standard InChI is InChI=1S/C32H54O6/c1-23(15-16-28(35)31(6,36)19-10-12-24(2)21-33)11-8-14-27-30(5,29-17-20-32(27,7)38-29)18-9-13-25(3)22-37-26(4)34/h11-13,27-29,33,35-36H,8-10,14-22H2,1-7H3/b23-11+,24-12+,25-13+/t27-,28+,29-,30-,31-,32+/m1/s1. The molecule has 0 unspecified atom stereocenters. The highest BCUT2D eigenvalue weighted by Gasteiger charge is 2.61. The van der Waals surface area contributed by atoms with Gasteiger partial charge in [-0.25, -0.2) is 0 Å². The van der Waals surface area contributed by atoms with E-state index in [0.29, 0.717) is 37.9 Å². The second-order valence-electron chi connectivity index (χ2n) is 12.7. The summed E-state index contributed by atoms with van der Waals surface area (Å²) in [5, 5.41) is 30.4. The lowest BCUT2D eigenvalue weighted by molar-refractivity contribution is -0.139. The fourth-order valence-electron chi connectivity index (χ4n) is 6.49. The first kappa shape index (κ1) is 32.7. The first-order valence-electron chi connectivity index (χ1n) is 14.5. The molecular weight excluding hydrogens is 480 g/mol. The summed E-state index contributed by atoms with van der Waals surface area (Å²) in [7, 11) is 0. The summed E-state index contributed by atoms with van der Waals surface area (Å²) in [4.78, 5) is 11.1. The van der Waals surface area contributed by atoms with Gasteiger partial charge in [-0.15, -0.1) is 0 Å². The maximum absolute atomic E-state index is 11.1. The molecule has 2 aliphatic heterocycles. The van der Waals surface area contributed by atoms with Crippen LogP contribution in [0.2, 0.25) is 0 Å². The SMILES string of the molecule is CC(=O)OC/C(C)=C/CC[C@]1(C)[C@@H](CC/C=C(\C)CC[C@H](O)[C@](C)(O)CC/C=C(\C)CO)[C@]2(C)CC[C@H]1O2. The predicted octanol–water partition coefficient (Wildman–Crippen LogP) is 6.19. The van der Waals surface area contributed by atoms with Gasteiger partial charge in [0.05, 0.1) is 30.0 Å². The minimum Gasteiger partial charge on any atom is -0.461 e. The van der Waals surface area contributed by atoms with Crippen molar-refractivity contribution in [3.05, 3.63) is 34.9 Å². The molecule has 2 aliphatic rings. The fourth-order valence-corrected chi connectivity index (χ4v) is 6.49. The van der Waals surface area contributed by atoms with Gasteiger partial charge in [0.1, 0.15) is 6.61 Å². The molecule has 0 aromatic rings. The van der Waals surface area contributed by atoms with Crippen LogP contribution in [0.3, 0.4) is 0 Å². The number of aliphatic hydroxyl groups excluding tert-OH is 2. The number of fused-ring (bicyclic) bond motifs is 2. The Bertz CT molecular complexity index is 871. The first-order chi connectivity index (χ1) is 17.7. The summed E-state index contributed by atoms with van der Waals surface area (Å²) in [5.74, 6) is 0.242. The quantitative estimate of drug-likeness (QED) is 0.161. The van der Waals surface area contributed by atoms with Crippen LogP contribution in [-0.2, 0) is 14.3 Å². The van der Waals surface area contributed by atoms with E-state index in [2.05, 4.69) is 32.9 Å². The Morgan fingerprint density at radius 1 is 1.08 bits per heavy atom. The second kappa shape index (κ2) is 14.2. The Balaban J connectivity index is 1.88. The summed E-state index contributed by atoms with van der Waals surface area (Å²) in [6.45, 7) is 14.2. The van der Waals surface area contributed by atoms with Crippen LogP contribution in [0.5, 0.6) is 0 Å². The van der Waals surface area contributed by atoms with E-state index in [1.807, 2.05) is 19.9 Å². The number of carbonyl (C=O) groups is 1. The molecule has 6 heteroatoms. The van der Waals surface area contributed by atoms with Crippen LogP contribution in [-0.4, -0.2) is 57.9 Å². The van der Waals surface area contributed by atoms with Crippen molar-refractivity contribution in [1.29, 1.82) is 0 Å². The van der Waals surface area contributed by atoms with Gasteiger partial charge in [0.15, 0.2) is 0 Å². The van der Waals surface area contributed by atoms with Gasteiger partial charge in [-0.2, -0.15) is 0 Å². The van der Waals surface area contributed by atoms with Crippen molar-refractivity contribution in [2.75, 3.05) is 13.2 Å². The Labute approximate surface area is 231 Å². The van der Waals surface area contributed by atoms with E-state index in [1.165, 1.54) is 12.5 Å². The van der Waals surface area contributed by atoms with Crippen molar-refractivity contribution in [2.24, 2.45) is 11.3 Å². The minimum absolute atomic E-state index is 0.0228. The molecule has 6 nitrogen and oxygen atoms in total. The van der Waals surface area contributed by atoms with Crippen LogP contribution in [0, 0.1) is 11.3 Å². The molecule has 0 radical (unpaired) electrons. The summed E-state index contributed by atoms with van der Waals surface area (Å²) < 4.78 is 11.7. The van der Waals surface area contributed by atoms with Gasteiger partial charge in [0.25, 0.3) is 0 Å². The molecule has 2 saturated heterocycles. The van der Waals surface area contributed by atoms with Crippen LogP contribution in [0.25, 0.3) is 0 Å². The zero-order valence-corrected chi connectivity index (χ0v) is 25.0. The summed E-state index contributed by atoms with van der Waals surface area (Å²) in [6, 6.07) is 0. The number of hydrogen-bond donors (Lipinski definition) is 3. The molecule has 3 N–H and O–H groups in total. The lowest BCUT2D eigenvalue weighted by Gasteiger charge is -2.42. The number of aliphatic hydroxyl groups is 3. The number of rotatable bonds is 16.